The van der Waals surface area contributed by atoms with Crippen LogP contribution < -0.4 is 15.6 Å². The molecular weight excluding hydrogens is 448 g/mol. The van der Waals surface area contributed by atoms with E-state index in [2.05, 4.69) is 43.1 Å². The molecule has 2 heterocycles. The van der Waals surface area contributed by atoms with Crippen molar-refractivity contribution in [2.75, 3.05) is 5.32 Å². The van der Waals surface area contributed by atoms with Gasteiger partial charge in [-0.15, -0.1) is 0 Å². The molecule has 0 radical (unpaired) electrons. The molecule has 0 aliphatic rings. The summed E-state index contributed by atoms with van der Waals surface area (Å²) in [5, 5.41) is 8.12. The minimum absolute atomic E-state index is 0.0312. The highest BCUT2D eigenvalue weighted by molar-refractivity contribution is 7.16. The molecule has 4 rings (SSSR count). The number of carbonyl (C=O) groups excluding carboxylic acids is 1. The number of nitrogens with zero attached hydrogens (tertiary/aromatic N) is 3. The fraction of sp³-hybridized carbons (Fsp3) is 0.308. The Morgan fingerprint density at radius 3 is 2.59 bits per heavy atom. The van der Waals surface area contributed by atoms with Crippen LogP contribution in [0.2, 0.25) is 0 Å². The molecule has 1 N–H and O–H groups in total. The molecule has 4 aromatic rings. The van der Waals surface area contributed by atoms with Crippen molar-refractivity contribution in [3.8, 4) is 5.75 Å². The molecule has 176 valence electrons. The molecule has 0 aliphatic carbocycles. The molecule has 8 heteroatoms. The number of ether oxygens (including phenoxy) is 1. The van der Waals surface area contributed by atoms with Gasteiger partial charge in [0, 0.05) is 29.8 Å². The highest BCUT2D eigenvalue weighted by Gasteiger charge is 2.15. The maximum absolute atomic E-state index is 12.7. The van der Waals surface area contributed by atoms with Crippen molar-refractivity contribution in [3.05, 3.63) is 86.8 Å². The first-order chi connectivity index (χ1) is 16.2. The summed E-state index contributed by atoms with van der Waals surface area (Å²) in [5.41, 5.74) is 2.72. The van der Waals surface area contributed by atoms with Crippen LogP contribution in [0.1, 0.15) is 60.7 Å². The third-order valence-electron chi connectivity index (χ3n) is 5.30. The average molecular weight is 477 g/mol. The van der Waals surface area contributed by atoms with Crippen LogP contribution in [0.3, 0.4) is 0 Å². The van der Waals surface area contributed by atoms with Crippen molar-refractivity contribution in [1.29, 1.82) is 0 Å². The van der Waals surface area contributed by atoms with E-state index in [1.54, 1.807) is 24.3 Å². The van der Waals surface area contributed by atoms with E-state index in [1.807, 2.05) is 24.3 Å². The van der Waals surface area contributed by atoms with Gasteiger partial charge in [0.15, 0.2) is 0 Å². The van der Waals surface area contributed by atoms with Gasteiger partial charge in [0.2, 0.25) is 4.96 Å². The number of anilines is 1. The number of hydrogen-bond donors (Lipinski definition) is 1. The second-order valence-electron chi connectivity index (χ2n) is 9.12. The van der Waals surface area contributed by atoms with Crippen LogP contribution in [0, 0.1) is 0 Å². The fourth-order valence-electron chi connectivity index (χ4n) is 3.43. The van der Waals surface area contributed by atoms with Gasteiger partial charge in [0.25, 0.3) is 11.5 Å². The molecule has 0 unspecified atom stereocenters. The minimum Gasteiger partial charge on any atom is -0.487 e. The van der Waals surface area contributed by atoms with Crippen LogP contribution in [0.25, 0.3) is 4.96 Å². The number of hydrogen-bond acceptors (Lipinski definition) is 6. The average Bonchev–Trinajstić information content (AvgIpc) is 3.21. The van der Waals surface area contributed by atoms with Crippen molar-refractivity contribution in [1.82, 2.24) is 14.6 Å². The highest BCUT2D eigenvalue weighted by Crippen LogP contribution is 2.23. The fourth-order valence-corrected chi connectivity index (χ4v) is 4.45. The molecule has 0 bridgehead atoms. The van der Waals surface area contributed by atoms with E-state index in [0.717, 1.165) is 17.8 Å². The predicted molar refractivity (Wildman–Crippen MR) is 135 cm³/mol. The third-order valence-corrected chi connectivity index (χ3v) is 6.26. The van der Waals surface area contributed by atoms with Crippen molar-refractivity contribution < 1.29 is 9.53 Å². The van der Waals surface area contributed by atoms with Gasteiger partial charge in [0.1, 0.15) is 17.4 Å². The van der Waals surface area contributed by atoms with E-state index in [1.165, 1.54) is 27.5 Å². The van der Waals surface area contributed by atoms with Crippen LogP contribution in [0.5, 0.6) is 5.75 Å². The van der Waals surface area contributed by atoms with Gasteiger partial charge in [-0.25, -0.2) is 4.98 Å². The van der Waals surface area contributed by atoms with Gasteiger partial charge in [-0.2, -0.15) is 9.61 Å². The Labute approximate surface area is 202 Å². The van der Waals surface area contributed by atoms with Crippen molar-refractivity contribution in [2.24, 2.45) is 0 Å². The minimum atomic E-state index is -0.222. The van der Waals surface area contributed by atoms with Crippen LogP contribution in [-0.4, -0.2) is 20.5 Å². The highest BCUT2D eigenvalue weighted by atomic mass is 32.1. The molecule has 0 aliphatic heterocycles. The molecule has 0 fully saturated rings. The first-order valence-electron chi connectivity index (χ1n) is 11.3. The Hall–Kier alpha value is -3.52. The lowest BCUT2D eigenvalue weighted by molar-refractivity contribution is 0.102. The Morgan fingerprint density at radius 1 is 1.12 bits per heavy atom. The zero-order chi connectivity index (χ0) is 24.3. The summed E-state index contributed by atoms with van der Waals surface area (Å²) in [6, 6.07) is 16.2. The summed E-state index contributed by atoms with van der Waals surface area (Å²) in [4.78, 5) is 30.1. The quantitative estimate of drug-likeness (QED) is 0.395. The number of benzene rings is 2. The molecule has 2 aromatic carbocycles. The zero-order valence-corrected chi connectivity index (χ0v) is 20.6. The zero-order valence-electron chi connectivity index (χ0n) is 19.8. The number of aryl methyl sites for hydroxylation is 1. The summed E-state index contributed by atoms with van der Waals surface area (Å²) >= 11 is 1.42. The van der Waals surface area contributed by atoms with E-state index in [0.29, 0.717) is 27.7 Å². The number of aromatic nitrogens is 3. The molecule has 34 heavy (non-hydrogen) atoms. The van der Waals surface area contributed by atoms with E-state index in [9.17, 15) is 9.59 Å². The summed E-state index contributed by atoms with van der Waals surface area (Å²) in [5.74, 6) is 0.379. The largest absolute Gasteiger partial charge is 0.487 e. The SMILES string of the molecule is CCCc1nn2c(=O)cc(COc3cccc(NC(=O)c4ccc(C(C)(C)C)cc4)c3)nc2s1. The second-order valence-corrected chi connectivity index (χ2v) is 10.2. The lowest BCUT2D eigenvalue weighted by atomic mass is 9.87. The molecule has 7 nitrogen and oxygen atoms in total. The normalized spacial score (nSPS) is 11.5. The van der Waals surface area contributed by atoms with Gasteiger partial charge in [0.05, 0.1) is 5.69 Å². The molecular formula is C26H28N4O3S. The van der Waals surface area contributed by atoms with Crippen molar-refractivity contribution in [3.63, 3.8) is 0 Å². The summed E-state index contributed by atoms with van der Waals surface area (Å²) in [7, 11) is 0. The summed E-state index contributed by atoms with van der Waals surface area (Å²) in [6.07, 6.45) is 1.78. The Kier molecular flexibility index (Phi) is 6.79. The standard InChI is InChI=1S/C26H28N4O3S/c1-5-7-22-29-30-23(31)15-20(28-25(30)34-22)16-33-21-9-6-8-19(14-21)27-24(32)17-10-12-18(13-11-17)26(2,3)4/h6,8-15H,5,7,16H2,1-4H3,(H,27,32). The molecule has 2 aromatic heterocycles. The van der Waals surface area contributed by atoms with Crippen LogP contribution in [-0.2, 0) is 18.4 Å². The molecule has 0 saturated carbocycles. The van der Waals surface area contributed by atoms with Gasteiger partial charge in [-0.3, -0.25) is 9.59 Å². The Bertz CT molecular complexity index is 1370. The maximum Gasteiger partial charge on any atom is 0.275 e. The molecule has 0 atom stereocenters. The van der Waals surface area contributed by atoms with Gasteiger partial charge in [-0.1, -0.05) is 57.2 Å². The lowest BCUT2D eigenvalue weighted by Gasteiger charge is -2.19. The Morgan fingerprint density at radius 2 is 1.88 bits per heavy atom. The number of carbonyl (C=O) groups is 1. The van der Waals surface area contributed by atoms with E-state index >= 15 is 0 Å². The third kappa shape index (κ3) is 5.51. The molecule has 1 amide bonds. The number of nitrogens with one attached hydrogen (secondary N) is 1. The van der Waals surface area contributed by atoms with Crippen molar-refractivity contribution >= 4 is 27.9 Å². The van der Waals surface area contributed by atoms with Crippen molar-refractivity contribution in [2.45, 2.75) is 52.6 Å². The van der Waals surface area contributed by atoms with Crippen LogP contribution in [0.15, 0.2) is 59.4 Å². The topological polar surface area (TPSA) is 85.6 Å². The Balaban J connectivity index is 1.43. The van der Waals surface area contributed by atoms with E-state index in [4.69, 9.17) is 4.74 Å². The smallest absolute Gasteiger partial charge is 0.275 e. The summed E-state index contributed by atoms with van der Waals surface area (Å²) < 4.78 is 7.19. The number of amides is 1. The van der Waals surface area contributed by atoms with E-state index < -0.39 is 0 Å². The van der Waals surface area contributed by atoms with Gasteiger partial charge in [-0.05, 0) is 41.7 Å². The molecule has 0 saturated heterocycles. The number of fused-ring (bicyclic) bond motifs is 1. The number of rotatable bonds is 7. The van der Waals surface area contributed by atoms with E-state index in [-0.39, 0.29) is 23.5 Å². The maximum atomic E-state index is 12.7. The van der Waals surface area contributed by atoms with Crippen LogP contribution in [0.4, 0.5) is 5.69 Å². The second kappa shape index (κ2) is 9.77. The monoisotopic (exact) mass is 476 g/mol. The summed E-state index contributed by atoms with van der Waals surface area (Å²) in [6.45, 7) is 8.62. The lowest BCUT2D eigenvalue weighted by Crippen LogP contribution is -2.16. The first kappa shape index (κ1) is 23.6. The predicted octanol–water partition coefficient (Wildman–Crippen LogP) is 5.23. The molecule has 0 spiro atoms. The first-order valence-corrected chi connectivity index (χ1v) is 12.1. The van der Waals surface area contributed by atoms with Crippen LogP contribution >= 0.6 is 11.3 Å². The van der Waals surface area contributed by atoms with Gasteiger partial charge >= 0.3 is 0 Å². The van der Waals surface area contributed by atoms with Gasteiger partial charge < -0.3 is 10.1 Å².